The molecule has 1 atom stereocenters. The molecule has 34 heavy (non-hydrogen) atoms. The number of hydrogen-bond acceptors (Lipinski definition) is 6. The molecular formula is C24H24Cl2N6O2. The highest BCUT2D eigenvalue weighted by molar-refractivity contribution is 6.42. The van der Waals surface area contributed by atoms with Gasteiger partial charge >= 0.3 is 0 Å². The summed E-state index contributed by atoms with van der Waals surface area (Å²) in [6.45, 7) is 1.95. The van der Waals surface area contributed by atoms with Crippen LogP contribution in [0.1, 0.15) is 39.3 Å². The van der Waals surface area contributed by atoms with E-state index in [1.807, 2.05) is 0 Å². The molecule has 1 fully saturated rings. The van der Waals surface area contributed by atoms with Crippen LogP contribution in [0.4, 0.5) is 5.82 Å². The Balaban J connectivity index is 1.48. The number of carbonyl (C=O) groups excluding carboxylic acids is 2. The van der Waals surface area contributed by atoms with Gasteiger partial charge in [0.2, 0.25) is 0 Å². The molecule has 1 aromatic heterocycles. The smallest absolute Gasteiger partial charge is 0.274 e. The van der Waals surface area contributed by atoms with Gasteiger partial charge in [-0.05, 0) is 49.2 Å². The third kappa shape index (κ3) is 5.83. The fourth-order valence-corrected chi connectivity index (χ4v) is 4.01. The fraction of sp³-hybridized carbons (Fsp3) is 0.250. The molecule has 2 heterocycles. The summed E-state index contributed by atoms with van der Waals surface area (Å²) in [6.07, 6.45) is 3.37. The van der Waals surface area contributed by atoms with Gasteiger partial charge in [-0.3, -0.25) is 9.59 Å². The van der Waals surface area contributed by atoms with Crippen LogP contribution in [0, 0.1) is 0 Å². The van der Waals surface area contributed by atoms with Gasteiger partial charge in [0, 0.05) is 30.3 Å². The van der Waals surface area contributed by atoms with Gasteiger partial charge in [-0.15, -0.1) is 0 Å². The first kappa shape index (κ1) is 23.9. The third-order valence-corrected chi connectivity index (χ3v) is 6.24. The zero-order chi connectivity index (χ0) is 24.1. The highest BCUT2D eigenvalue weighted by Crippen LogP contribution is 2.23. The van der Waals surface area contributed by atoms with Crippen molar-refractivity contribution in [1.82, 2.24) is 25.9 Å². The molecule has 2 aromatic carbocycles. The van der Waals surface area contributed by atoms with E-state index >= 15 is 0 Å². The minimum atomic E-state index is -0.365. The van der Waals surface area contributed by atoms with E-state index in [1.165, 1.54) is 6.20 Å². The van der Waals surface area contributed by atoms with Crippen molar-refractivity contribution in [1.29, 1.82) is 0 Å². The summed E-state index contributed by atoms with van der Waals surface area (Å²) >= 11 is 12.0. The van der Waals surface area contributed by atoms with Crippen LogP contribution in [0.2, 0.25) is 10.0 Å². The van der Waals surface area contributed by atoms with E-state index in [-0.39, 0.29) is 29.4 Å². The maximum Gasteiger partial charge on any atom is 0.274 e. The topological polar surface area (TPSA) is 122 Å². The molecule has 2 amide bonds. The van der Waals surface area contributed by atoms with Crippen molar-refractivity contribution < 1.29 is 9.59 Å². The standard InChI is InChI=1S/C24H24Cl2N6O2/c25-18-7-6-14(9-19(18)26)11-30-23(33)16-4-1-3-15(10-16)20-13-29-22(27)21(32-20)24(34)31-17-5-2-8-28-12-17/h1,3-4,6-7,9-10,13,17,28H,2,5,8,11-12H2,(H2,27,29)(H,30,33)(H,31,34). The van der Waals surface area contributed by atoms with Crippen LogP contribution < -0.4 is 21.7 Å². The Kier molecular flexibility index (Phi) is 7.62. The first-order valence-corrected chi connectivity index (χ1v) is 11.6. The molecule has 1 saturated heterocycles. The van der Waals surface area contributed by atoms with Crippen LogP contribution in [0.5, 0.6) is 0 Å². The van der Waals surface area contributed by atoms with E-state index < -0.39 is 0 Å². The minimum Gasteiger partial charge on any atom is -0.382 e. The number of aromatic nitrogens is 2. The highest BCUT2D eigenvalue weighted by Gasteiger charge is 2.20. The zero-order valence-electron chi connectivity index (χ0n) is 18.3. The molecule has 0 bridgehead atoms. The van der Waals surface area contributed by atoms with Gasteiger partial charge in [0.25, 0.3) is 11.8 Å². The van der Waals surface area contributed by atoms with Crippen molar-refractivity contribution in [3.8, 4) is 11.3 Å². The number of hydrogen-bond donors (Lipinski definition) is 4. The Morgan fingerprint density at radius 2 is 1.97 bits per heavy atom. The maximum absolute atomic E-state index is 12.8. The molecule has 0 spiro atoms. The van der Waals surface area contributed by atoms with Gasteiger partial charge in [0.15, 0.2) is 11.5 Å². The maximum atomic E-state index is 12.8. The predicted molar refractivity (Wildman–Crippen MR) is 133 cm³/mol. The van der Waals surface area contributed by atoms with E-state index in [0.717, 1.165) is 24.9 Å². The SMILES string of the molecule is Nc1ncc(-c2cccc(C(=O)NCc3ccc(Cl)c(Cl)c3)c2)nc1C(=O)NC1CCCNC1. The minimum absolute atomic E-state index is 0.0219. The van der Waals surface area contributed by atoms with Gasteiger partial charge in [-0.1, -0.05) is 41.4 Å². The van der Waals surface area contributed by atoms with Crippen molar-refractivity contribution in [2.24, 2.45) is 0 Å². The van der Waals surface area contributed by atoms with Gasteiger partial charge in [-0.25, -0.2) is 9.97 Å². The molecule has 0 saturated carbocycles. The monoisotopic (exact) mass is 498 g/mol. The van der Waals surface area contributed by atoms with Crippen LogP contribution in [-0.4, -0.2) is 40.9 Å². The Morgan fingerprint density at radius 3 is 2.74 bits per heavy atom. The normalized spacial score (nSPS) is 15.5. The molecule has 1 unspecified atom stereocenters. The number of halogens is 2. The highest BCUT2D eigenvalue weighted by atomic mass is 35.5. The molecule has 3 aromatic rings. The Morgan fingerprint density at radius 1 is 1.12 bits per heavy atom. The van der Waals surface area contributed by atoms with Crippen molar-refractivity contribution in [3.63, 3.8) is 0 Å². The predicted octanol–water partition coefficient (Wildman–Crippen LogP) is 3.44. The number of anilines is 1. The summed E-state index contributed by atoms with van der Waals surface area (Å²) in [5.41, 5.74) is 8.35. The molecule has 1 aliphatic rings. The van der Waals surface area contributed by atoms with E-state index in [2.05, 4.69) is 25.9 Å². The first-order chi connectivity index (χ1) is 16.4. The first-order valence-electron chi connectivity index (χ1n) is 10.9. The van der Waals surface area contributed by atoms with E-state index in [9.17, 15) is 9.59 Å². The lowest BCUT2D eigenvalue weighted by Crippen LogP contribution is -2.46. The summed E-state index contributed by atoms with van der Waals surface area (Å²) in [7, 11) is 0. The summed E-state index contributed by atoms with van der Waals surface area (Å²) in [6, 6.07) is 12.1. The summed E-state index contributed by atoms with van der Waals surface area (Å²) in [5, 5.41) is 9.95. The molecule has 176 valence electrons. The van der Waals surface area contributed by atoms with Gasteiger partial charge in [-0.2, -0.15) is 0 Å². The average Bonchev–Trinajstić information content (AvgIpc) is 2.85. The number of rotatable bonds is 6. The van der Waals surface area contributed by atoms with Crippen molar-refractivity contribution >= 4 is 40.8 Å². The van der Waals surface area contributed by atoms with Crippen LogP contribution in [0.15, 0.2) is 48.7 Å². The summed E-state index contributed by atoms with van der Waals surface area (Å²) in [4.78, 5) is 34.1. The number of nitrogens with two attached hydrogens (primary N) is 1. The number of benzene rings is 2. The van der Waals surface area contributed by atoms with Crippen LogP contribution >= 0.6 is 23.2 Å². The quantitative estimate of drug-likeness (QED) is 0.412. The largest absolute Gasteiger partial charge is 0.382 e. The van der Waals surface area contributed by atoms with E-state index in [4.69, 9.17) is 28.9 Å². The number of piperidine rings is 1. The lowest BCUT2D eigenvalue weighted by Gasteiger charge is -2.23. The summed E-state index contributed by atoms with van der Waals surface area (Å²) < 4.78 is 0. The third-order valence-electron chi connectivity index (χ3n) is 5.51. The second-order valence-corrected chi connectivity index (χ2v) is 8.83. The van der Waals surface area contributed by atoms with Crippen LogP contribution in [-0.2, 0) is 6.54 Å². The fourth-order valence-electron chi connectivity index (χ4n) is 3.69. The van der Waals surface area contributed by atoms with E-state index in [1.54, 1.807) is 42.5 Å². The van der Waals surface area contributed by atoms with Crippen LogP contribution in [0.3, 0.4) is 0 Å². The number of carbonyl (C=O) groups is 2. The van der Waals surface area contributed by atoms with Crippen molar-refractivity contribution in [2.75, 3.05) is 18.8 Å². The molecule has 1 aliphatic heterocycles. The number of nitrogens with one attached hydrogen (secondary N) is 3. The number of amides is 2. The Labute approximate surface area is 207 Å². The Bertz CT molecular complexity index is 1210. The van der Waals surface area contributed by atoms with Crippen molar-refractivity contribution in [3.05, 3.63) is 75.5 Å². The van der Waals surface area contributed by atoms with Gasteiger partial charge in [0.05, 0.1) is 21.9 Å². The van der Waals surface area contributed by atoms with Crippen LogP contribution in [0.25, 0.3) is 11.3 Å². The summed E-state index contributed by atoms with van der Waals surface area (Å²) in [5.74, 6) is -0.573. The lowest BCUT2D eigenvalue weighted by atomic mass is 10.1. The lowest BCUT2D eigenvalue weighted by molar-refractivity contribution is 0.0923. The molecule has 8 nitrogen and oxygen atoms in total. The second-order valence-electron chi connectivity index (χ2n) is 8.02. The molecule has 0 radical (unpaired) electrons. The molecule has 10 heteroatoms. The Hall–Kier alpha value is -3.20. The average molecular weight is 499 g/mol. The molecule has 4 rings (SSSR count). The number of nitrogen functional groups attached to an aromatic ring is 1. The molecule has 0 aliphatic carbocycles. The van der Waals surface area contributed by atoms with Crippen molar-refractivity contribution in [2.45, 2.75) is 25.4 Å². The molecule has 5 N–H and O–H groups in total. The van der Waals surface area contributed by atoms with Gasteiger partial charge in [0.1, 0.15) is 0 Å². The number of nitrogens with zero attached hydrogens (tertiary/aromatic N) is 2. The zero-order valence-corrected chi connectivity index (χ0v) is 19.8. The second kappa shape index (κ2) is 10.8. The molecular weight excluding hydrogens is 475 g/mol. The van der Waals surface area contributed by atoms with Gasteiger partial charge < -0.3 is 21.7 Å². The van der Waals surface area contributed by atoms with E-state index in [0.29, 0.717) is 40.0 Å².